The molecule has 110 valence electrons. The van der Waals surface area contributed by atoms with E-state index in [0.717, 1.165) is 32.0 Å². The Morgan fingerprint density at radius 2 is 2.10 bits per heavy atom. The second kappa shape index (κ2) is 6.79. The predicted octanol–water partition coefficient (Wildman–Crippen LogP) is 1.77. The molecule has 2 rings (SSSR count). The van der Waals surface area contributed by atoms with Crippen LogP contribution in [0.5, 0.6) is 0 Å². The van der Waals surface area contributed by atoms with Crippen molar-refractivity contribution in [3.8, 4) is 0 Å². The molecule has 0 spiro atoms. The van der Waals surface area contributed by atoms with Crippen LogP contribution in [0.2, 0.25) is 0 Å². The summed E-state index contributed by atoms with van der Waals surface area (Å²) in [6.07, 6.45) is 4.23. The van der Waals surface area contributed by atoms with Gasteiger partial charge in [0.1, 0.15) is 11.5 Å². The molecule has 5 heteroatoms. The minimum atomic E-state index is -0.0199. The van der Waals surface area contributed by atoms with Gasteiger partial charge < -0.3 is 9.80 Å². The summed E-state index contributed by atoms with van der Waals surface area (Å²) >= 11 is 0. The first-order chi connectivity index (χ1) is 9.58. The number of amides is 1. The van der Waals surface area contributed by atoms with Gasteiger partial charge in [-0.3, -0.25) is 4.79 Å². The first-order valence-corrected chi connectivity index (χ1v) is 7.38. The van der Waals surface area contributed by atoms with Crippen LogP contribution in [0.3, 0.4) is 0 Å². The standard InChI is InChI=1S/C15H24N4O/c1-12(2)14-16-7-6-13(17-14)15(20)18(3)10-11-19-8-4-5-9-19/h6-7,12H,4-5,8-11H2,1-3H3. The number of nitrogens with zero attached hydrogens (tertiary/aromatic N) is 4. The lowest BCUT2D eigenvalue weighted by Crippen LogP contribution is -2.35. The second-order valence-corrected chi connectivity index (χ2v) is 5.73. The Labute approximate surface area is 121 Å². The monoisotopic (exact) mass is 276 g/mol. The van der Waals surface area contributed by atoms with Crippen molar-refractivity contribution in [3.63, 3.8) is 0 Å². The number of likely N-dealkylation sites (tertiary alicyclic amines) is 1. The number of hydrogen-bond donors (Lipinski definition) is 0. The highest BCUT2D eigenvalue weighted by Gasteiger charge is 2.17. The van der Waals surface area contributed by atoms with Crippen molar-refractivity contribution in [2.24, 2.45) is 0 Å². The fraction of sp³-hybridized carbons (Fsp3) is 0.667. The van der Waals surface area contributed by atoms with Crippen molar-refractivity contribution in [2.75, 3.05) is 33.2 Å². The lowest BCUT2D eigenvalue weighted by molar-refractivity contribution is 0.0776. The summed E-state index contributed by atoms with van der Waals surface area (Å²) in [5.74, 6) is 0.940. The fourth-order valence-electron chi connectivity index (χ4n) is 2.37. The molecule has 0 atom stereocenters. The molecule has 1 saturated heterocycles. The maximum Gasteiger partial charge on any atom is 0.272 e. The summed E-state index contributed by atoms with van der Waals surface area (Å²) < 4.78 is 0. The molecule has 5 nitrogen and oxygen atoms in total. The Balaban J connectivity index is 1.93. The molecular weight excluding hydrogens is 252 g/mol. The van der Waals surface area contributed by atoms with Crippen LogP contribution in [0.1, 0.15) is 48.9 Å². The minimum Gasteiger partial charge on any atom is -0.339 e. The molecule has 0 N–H and O–H groups in total. The highest BCUT2D eigenvalue weighted by Crippen LogP contribution is 2.10. The Hall–Kier alpha value is -1.49. The van der Waals surface area contributed by atoms with Crippen molar-refractivity contribution in [2.45, 2.75) is 32.6 Å². The Morgan fingerprint density at radius 3 is 2.75 bits per heavy atom. The summed E-state index contributed by atoms with van der Waals surface area (Å²) in [7, 11) is 1.84. The van der Waals surface area contributed by atoms with E-state index in [1.165, 1.54) is 12.8 Å². The van der Waals surface area contributed by atoms with Crippen LogP contribution in [-0.2, 0) is 0 Å². The van der Waals surface area contributed by atoms with Gasteiger partial charge in [0.05, 0.1) is 0 Å². The van der Waals surface area contributed by atoms with Gasteiger partial charge in [-0.05, 0) is 32.0 Å². The van der Waals surface area contributed by atoms with Crippen LogP contribution in [0.4, 0.5) is 0 Å². The van der Waals surface area contributed by atoms with Crippen molar-refractivity contribution >= 4 is 5.91 Å². The van der Waals surface area contributed by atoms with Crippen molar-refractivity contribution < 1.29 is 4.79 Å². The third kappa shape index (κ3) is 3.76. The highest BCUT2D eigenvalue weighted by molar-refractivity contribution is 5.92. The number of aromatic nitrogens is 2. The van der Waals surface area contributed by atoms with E-state index in [2.05, 4.69) is 14.9 Å². The van der Waals surface area contributed by atoms with E-state index >= 15 is 0 Å². The van der Waals surface area contributed by atoms with E-state index in [1.54, 1.807) is 17.2 Å². The number of carbonyl (C=O) groups is 1. The number of carbonyl (C=O) groups excluding carboxylic acids is 1. The topological polar surface area (TPSA) is 49.3 Å². The molecule has 1 aromatic heterocycles. The van der Waals surface area contributed by atoms with Gasteiger partial charge in [-0.15, -0.1) is 0 Å². The zero-order valence-electron chi connectivity index (χ0n) is 12.7. The van der Waals surface area contributed by atoms with Gasteiger partial charge in [-0.25, -0.2) is 9.97 Å². The Kier molecular flexibility index (Phi) is 5.06. The minimum absolute atomic E-state index is 0.0199. The van der Waals surface area contributed by atoms with E-state index in [-0.39, 0.29) is 11.8 Å². The predicted molar refractivity (Wildman–Crippen MR) is 78.8 cm³/mol. The van der Waals surface area contributed by atoms with E-state index in [4.69, 9.17) is 0 Å². The van der Waals surface area contributed by atoms with Crippen molar-refractivity contribution in [1.82, 2.24) is 19.8 Å². The van der Waals surface area contributed by atoms with Gasteiger partial charge in [-0.2, -0.15) is 0 Å². The molecule has 1 aromatic rings. The SMILES string of the molecule is CC(C)c1nccc(C(=O)N(C)CCN2CCCC2)n1. The van der Waals surface area contributed by atoms with Crippen LogP contribution >= 0.6 is 0 Å². The fourth-order valence-corrected chi connectivity index (χ4v) is 2.37. The second-order valence-electron chi connectivity index (χ2n) is 5.73. The van der Waals surface area contributed by atoms with Gasteiger partial charge in [0, 0.05) is 32.3 Å². The summed E-state index contributed by atoms with van der Waals surface area (Å²) in [4.78, 5) is 25.1. The molecule has 0 aliphatic carbocycles. The molecule has 1 amide bonds. The quantitative estimate of drug-likeness (QED) is 0.822. The highest BCUT2D eigenvalue weighted by atomic mass is 16.2. The molecule has 0 saturated carbocycles. The summed E-state index contributed by atoms with van der Waals surface area (Å²) in [6.45, 7) is 8.08. The molecule has 2 heterocycles. The van der Waals surface area contributed by atoms with Gasteiger partial charge >= 0.3 is 0 Å². The molecule has 1 fully saturated rings. The summed E-state index contributed by atoms with van der Waals surface area (Å²) in [6, 6.07) is 1.70. The Bertz CT molecular complexity index is 455. The van der Waals surface area contributed by atoms with E-state index in [0.29, 0.717) is 5.69 Å². The zero-order chi connectivity index (χ0) is 14.5. The number of rotatable bonds is 5. The number of hydrogen-bond acceptors (Lipinski definition) is 4. The van der Waals surface area contributed by atoms with Crippen LogP contribution in [0.25, 0.3) is 0 Å². The summed E-state index contributed by atoms with van der Waals surface area (Å²) in [5.41, 5.74) is 0.493. The van der Waals surface area contributed by atoms with Gasteiger partial charge in [0.25, 0.3) is 5.91 Å². The van der Waals surface area contributed by atoms with E-state index in [9.17, 15) is 4.79 Å². The maximum atomic E-state index is 12.3. The first kappa shape index (κ1) is 14.9. The smallest absolute Gasteiger partial charge is 0.272 e. The van der Waals surface area contributed by atoms with Crippen LogP contribution in [0.15, 0.2) is 12.3 Å². The van der Waals surface area contributed by atoms with Gasteiger partial charge in [0.15, 0.2) is 0 Å². The third-order valence-corrected chi connectivity index (χ3v) is 3.71. The van der Waals surface area contributed by atoms with Gasteiger partial charge in [-0.1, -0.05) is 13.8 Å². The van der Waals surface area contributed by atoms with Crippen LogP contribution in [-0.4, -0.2) is 58.9 Å². The van der Waals surface area contributed by atoms with Crippen LogP contribution in [0, 0.1) is 0 Å². The molecule has 0 bridgehead atoms. The van der Waals surface area contributed by atoms with Crippen molar-refractivity contribution in [3.05, 3.63) is 23.8 Å². The average molecular weight is 276 g/mol. The van der Waals surface area contributed by atoms with Crippen molar-refractivity contribution in [1.29, 1.82) is 0 Å². The van der Waals surface area contributed by atoms with Gasteiger partial charge in [0.2, 0.25) is 0 Å². The molecule has 0 radical (unpaired) electrons. The lowest BCUT2D eigenvalue weighted by atomic mass is 10.2. The zero-order valence-corrected chi connectivity index (χ0v) is 12.7. The molecule has 1 aliphatic heterocycles. The molecular formula is C15H24N4O. The summed E-state index contributed by atoms with van der Waals surface area (Å²) in [5, 5.41) is 0. The molecule has 0 unspecified atom stereocenters. The molecule has 20 heavy (non-hydrogen) atoms. The third-order valence-electron chi connectivity index (χ3n) is 3.71. The number of likely N-dealkylation sites (N-methyl/N-ethyl adjacent to an activating group) is 1. The lowest BCUT2D eigenvalue weighted by Gasteiger charge is -2.21. The maximum absolute atomic E-state index is 12.3. The average Bonchev–Trinajstić information content (AvgIpc) is 2.97. The largest absolute Gasteiger partial charge is 0.339 e. The Morgan fingerprint density at radius 1 is 1.40 bits per heavy atom. The van der Waals surface area contributed by atoms with E-state index < -0.39 is 0 Å². The first-order valence-electron chi connectivity index (χ1n) is 7.38. The van der Waals surface area contributed by atoms with E-state index in [1.807, 2.05) is 20.9 Å². The van der Waals surface area contributed by atoms with Crippen LogP contribution < -0.4 is 0 Å². The molecule has 1 aliphatic rings. The molecule has 0 aromatic carbocycles. The normalized spacial score (nSPS) is 15.8.